The molecule has 0 N–H and O–H groups in total. The molecule has 0 aliphatic heterocycles. The second-order valence-corrected chi connectivity index (χ2v) is 1.52. The Hall–Kier alpha value is -0.256. The molecule has 0 aliphatic rings. The van der Waals surface area contributed by atoms with E-state index in [0.29, 0.717) is 0 Å². The first kappa shape index (κ1) is 9.74. The summed E-state index contributed by atoms with van der Waals surface area (Å²) in [5.41, 5.74) is 0.0637. The van der Waals surface area contributed by atoms with E-state index in [-0.39, 0.29) is 38.3 Å². The van der Waals surface area contributed by atoms with Crippen LogP contribution in [0.4, 0.5) is 4.39 Å². The van der Waals surface area contributed by atoms with Crippen molar-refractivity contribution in [3.63, 3.8) is 0 Å². The minimum atomic E-state index is -0.514. The Bertz CT molecular complexity index is 254. The van der Waals surface area contributed by atoms with Crippen molar-refractivity contribution in [2.75, 3.05) is 0 Å². The largest absolute Gasteiger partial charge is 0.283 e. The minimum absolute atomic E-state index is 0. The molecule has 0 aromatic heterocycles. The first-order chi connectivity index (χ1) is 4.34. The molecule has 1 rings (SSSR count). The third kappa shape index (κ3) is 2.17. The standard InChI is InChI=1S/C7H3FN.Y/c8-7-4-2-1-3-6(7)5-9;/h1,3-4H;/q-1;. The predicted octanol–water partition coefficient (Wildman–Crippen LogP) is 1.50. The maximum Gasteiger partial charge on any atom is 0.0754 e. The maximum atomic E-state index is 12.3. The van der Waals surface area contributed by atoms with Crippen molar-refractivity contribution in [1.82, 2.24) is 0 Å². The molecule has 0 fully saturated rings. The topological polar surface area (TPSA) is 23.8 Å². The van der Waals surface area contributed by atoms with E-state index in [1.165, 1.54) is 12.1 Å². The van der Waals surface area contributed by atoms with Crippen LogP contribution in [0, 0.1) is 23.2 Å². The molecular weight excluding hydrogens is 206 g/mol. The van der Waals surface area contributed by atoms with Gasteiger partial charge in [-0.3, -0.25) is 4.39 Å². The molecular formula is C7H3FNY-. The van der Waals surface area contributed by atoms with Crippen LogP contribution in [0.2, 0.25) is 0 Å². The van der Waals surface area contributed by atoms with E-state index < -0.39 is 5.82 Å². The molecule has 0 atom stereocenters. The molecule has 1 aromatic rings. The summed E-state index contributed by atoms with van der Waals surface area (Å²) in [6.45, 7) is 0. The fourth-order valence-corrected chi connectivity index (χ4v) is 0.501. The first-order valence-corrected chi connectivity index (χ1v) is 2.40. The third-order valence-corrected chi connectivity index (χ3v) is 0.934. The van der Waals surface area contributed by atoms with Crippen molar-refractivity contribution in [3.05, 3.63) is 35.6 Å². The van der Waals surface area contributed by atoms with Gasteiger partial charge in [-0.25, -0.2) is 0 Å². The smallest absolute Gasteiger partial charge is 0.0754 e. The average Bonchev–Trinajstić information content (AvgIpc) is 1.89. The summed E-state index contributed by atoms with van der Waals surface area (Å²) in [5.74, 6) is -0.514. The number of rotatable bonds is 0. The average molecular weight is 209 g/mol. The first-order valence-electron chi connectivity index (χ1n) is 2.40. The monoisotopic (exact) mass is 209 g/mol. The van der Waals surface area contributed by atoms with Crippen molar-refractivity contribution >= 4 is 0 Å². The molecule has 0 unspecified atom stereocenters. The number of nitrogens with zero attached hydrogens (tertiary/aromatic N) is 1. The van der Waals surface area contributed by atoms with Crippen LogP contribution in [0.1, 0.15) is 5.56 Å². The predicted molar refractivity (Wildman–Crippen MR) is 30.0 cm³/mol. The number of hydrogen-bond donors (Lipinski definition) is 0. The zero-order chi connectivity index (χ0) is 6.69. The van der Waals surface area contributed by atoms with Crippen LogP contribution >= 0.6 is 0 Å². The fraction of sp³-hybridized carbons (Fsp3) is 0. The van der Waals surface area contributed by atoms with Crippen LogP contribution in [0.5, 0.6) is 0 Å². The molecule has 47 valence electrons. The Morgan fingerprint density at radius 2 is 2.30 bits per heavy atom. The molecule has 0 saturated carbocycles. The number of benzene rings is 1. The summed E-state index contributed by atoms with van der Waals surface area (Å²) in [4.78, 5) is 0. The van der Waals surface area contributed by atoms with E-state index in [0.717, 1.165) is 6.07 Å². The van der Waals surface area contributed by atoms with Gasteiger partial charge in [0, 0.05) is 38.5 Å². The van der Waals surface area contributed by atoms with Crippen molar-refractivity contribution < 1.29 is 37.1 Å². The second kappa shape index (κ2) is 4.54. The molecule has 1 radical (unpaired) electrons. The van der Waals surface area contributed by atoms with E-state index in [4.69, 9.17) is 5.26 Å². The van der Waals surface area contributed by atoms with Crippen LogP contribution in [-0.2, 0) is 32.7 Å². The molecule has 3 heteroatoms. The quantitative estimate of drug-likeness (QED) is 0.594. The Morgan fingerprint density at radius 1 is 1.60 bits per heavy atom. The van der Waals surface area contributed by atoms with E-state index in [2.05, 4.69) is 6.07 Å². The van der Waals surface area contributed by atoms with Gasteiger partial charge in [-0.1, -0.05) is 0 Å². The van der Waals surface area contributed by atoms with Crippen LogP contribution in [0.3, 0.4) is 0 Å². The third-order valence-electron chi connectivity index (χ3n) is 0.934. The second-order valence-electron chi connectivity index (χ2n) is 1.52. The van der Waals surface area contributed by atoms with E-state index in [9.17, 15) is 4.39 Å². The maximum absolute atomic E-state index is 12.3. The number of nitriles is 1. The summed E-state index contributed by atoms with van der Waals surface area (Å²) in [6.07, 6.45) is 0. The summed E-state index contributed by atoms with van der Waals surface area (Å²) < 4.78 is 12.3. The van der Waals surface area contributed by atoms with Gasteiger partial charge in [0.25, 0.3) is 0 Å². The number of hydrogen-bond acceptors (Lipinski definition) is 1. The number of halogens is 1. The Kier molecular flexibility index (Phi) is 4.43. The normalized spacial score (nSPS) is 7.60. The molecule has 0 bridgehead atoms. The van der Waals surface area contributed by atoms with E-state index >= 15 is 0 Å². The van der Waals surface area contributed by atoms with Gasteiger partial charge in [0.15, 0.2) is 0 Å². The summed E-state index contributed by atoms with van der Waals surface area (Å²) >= 11 is 0. The van der Waals surface area contributed by atoms with Gasteiger partial charge in [-0.2, -0.15) is 23.5 Å². The minimum Gasteiger partial charge on any atom is -0.283 e. The molecule has 10 heavy (non-hydrogen) atoms. The van der Waals surface area contributed by atoms with Crippen molar-refractivity contribution in [1.29, 1.82) is 5.26 Å². The van der Waals surface area contributed by atoms with Gasteiger partial charge in [0.2, 0.25) is 0 Å². The Morgan fingerprint density at radius 3 is 2.70 bits per heavy atom. The Balaban J connectivity index is 0.000000810. The van der Waals surface area contributed by atoms with Crippen LogP contribution < -0.4 is 0 Å². The van der Waals surface area contributed by atoms with Gasteiger partial charge < -0.3 is 0 Å². The zero-order valence-electron chi connectivity index (χ0n) is 5.13. The fourth-order valence-electron chi connectivity index (χ4n) is 0.501. The van der Waals surface area contributed by atoms with Gasteiger partial charge in [-0.05, 0) is 5.56 Å². The van der Waals surface area contributed by atoms with Crippen molar-refractivity contribution in [2.24, 2.45) is 0 Å². The molecule has 1 aromatic carbocycles. The molecule has 0 heterocycles. The van der Waals surface area contributed by atoms with Gasteiger partial charge in [0.05, 0.1) is 6.07 Å². The van der Waals surface area contributed by atoms with Crippen molar-refractivity contribution in [2.45, 2.75) is 0 Å². The molecule has 0 amide bonds. The molecule has 0 aliphatic carbocycles. The van der Waals surface area contributed by atoms with Crippen LogP contribution in [0.25, 0.3) is 0 Å². The SMILES string of the molecule is N#Cc1cc[c-]cc1F.[Y]. The Labute approximate surface area is 83.7 Å². The van der Waals surface area contributed by atoms with Crippen molar-refractivity contribution in [3.8, 4) is 6.07 Å². The molecule has 0 saturated heterocycles. The zero-order valence-corrected chi connectivity index (χ0v) is 7.97. The summed E-state index contributed by atoms with van der Waals surface area (Å²) in [5, 5.41) is 8.21. The summed E-state index contributed by atoms with van der Waals surface area (Å²) in [6, 6.07) is 8.23. The molecule has 1 nitrogen and oxygen atoms in total. The van der Waals surface area contributed by atoms with Crippen LogP contribution in [-0.4, -0.2) is 0 Å². The van der Waals surface area contributed by atoms with E-state index in [1.807, 2.05) is 0 Å². The van der Waals surface area contributed by atoms with Gasteiger partial charge in [-0.15, -0.1) is 6.07 Å². The summed E-state index contributed by atoms with van der Waals surface area (Å²) in [7, 11) is 0. The molecule has 0 spiro atoms. The van der Waals surface area contributed by atoms with Gasteiger partial charge >= 0.3 is 0 Å². The van der Waals surface area contributed by atoms with E-state index in [1.54, 1.807) is 6.07 Å². The van der Waals surface area contributed by atoms with Gasteiger partial charge in [0.1, 0.15) is 0 Å². The van der Waals surface area contributed by atoms with Crippen LogP contribution in [0.15, 0.2) is 18.2 Å².